The van der Waals surface area contributed by atoms with E-state index in [-0.39, 0.29) is 0 Å². The van der Waals surface area contributed by atoms with E-state index in [2.05, 4.69) is 38.2 Å². The summed E-state index contributed by atoms with van der Waals surface area (Å²) in [6.45, 7) is 2.10. The summed E-state index contributed by atoms with van der Waals surface area (Å²) in [5.74, 6) is 1.35. The van der Waals surface area contributed by atoms with Crippen molar-refractivity contribution in [2.24, 2.45) is 0 Å². The Hall–Kier alpha value is -0.940. The summed E-state index contributed by atoms with van der Waals surface area (Å²) in [4.78, 5) is 8.73. The number of nitrogens with zero attached hydrogens (tertiary/aromatic N) is 2. The molecular formula is C11H12BrN3S. The second-order valence-electron chi connectivity index (χ2n) is 3.48. The molecular weight excluding hydrogens is 286 g/mol. The average Bonchev–Trinajstić information content (AvgIpc) is 2.64. The number of aryl methyl sites for hydroxylation is 1. The zero-order valence-corrected chi connectivity index (χ0v) is 11.3. The van der Waals surface area contributed by atoms with Crippen LogP contribution < -0.4 is 5.73 Å². The molecule has 2 heterocycles. The Morgan fingerprint density at radius 3 is 2.81 bits per heavy atom. The number of thiophene rings is 1. The maximum absolute atomic E-state index is 5.78. The minimum atomic E-state index is 0.534. The van der Waals surface area contributed by atoms with Gasteiger partial charge in [-0.05, 0) is 22.4 Å². The number of halogens is 1. The van der Waals surface area contributed by atoms with Gasteiger partial charge >= 0.3 is 0 Å². The van der Waals surface area contributed by atoms with Crippen molar-refractivity contribution in [3.8, 4) is 11.3 Å². The van der Waals surface area contributed by atoms with Gasteiger partial charge in [0, 0.05) is 33.3 Å². The van der Waals surface area contributed by atoms with E-state index < -0.39 is 0 Å². The predicted molar refractivity (Wildman–Crippen MR) is 71.5 cm³/mol. The van der Waals surface area contributed by atoms with Crippen molar-refractivity contribution in [3.05, 3.63) is 27.1 Å². The molecule has 5 heteroatoms. The fourth-order valence-electron chi connectivity index (χ4n) is 1.46. The third kappa shape index (κ3) is 2.41. The van der Waals surface area contributed by atoms with Crippen LogP contribution in [0.4, 0.5) is 5.82 Å². The van der Waals surface area contributed by atoms with Gasteiger partial charge in [-0.3, -0.25) is 0 Å². The molecule has 0 aliphatic carbocycles. The first kappa shape index (κ1) is 11.5. The van der Waals surface area contributed by atoms with E-state index in [1.54, 1.807) is 11.3 Å². The Kier molecular flexibility index (Phi) is 3.56. The summed E-state index contributed by atoms with van der Waals surface area (Å²) >= 11 is 5.14. The Balaban J connectivity index is 2.45. The lowest BCUT2D eigenvalue weighted by Crippen LogP contribution is -2.00. The molecule has 2 aromatic rings. The van der Waals surface area contributed by atoms with Gasteiger partial charge in [0.2, 0.25) is 0 Å². The maximum Gasteiger partial charge on any atom is 0.131 e. The van der Waals surface area contributed by atoms with Crippen molar-refractivity contribution in [1.82, 2.24) is 9.97 Å². The van der Waals surface area contributed by atoms with E-state index in [4.69, 9.17) is 5.73 Å². The number of rotatable bonds is 3. The van der Waals surface area contributed by atoms with Crippen molar-refractivity contribution in [3.63, 3.8) is 0 Å². The van der Waals surface area contributed by atoms with Gasteiger partial charge in [0.05, 0.1) is 5.69 Å². The lowest BCUT2D eigenvalue weighted by atomic mass is 10.2. The molecule has 0 unspecified atom stereocenters. The molecule has 0 saturated heterocycles. The standard InChI is InChI=1S/C11H12BrN3S/c1-2-3-11-14-9(4-10(13)15-11)7-5-16-6-8(7)12/h4-6H,2-3H2,1H3,(H2,13,14,15). The molecule has 0 aromatic carbocycles. The first-order chi connectivity index (χ1) is 7.70. The quantitative estimate of drug-likeness (QED) is 0.943. The summed E-state index contributed by atoms with van der Waals surface area (Å²) in [5.41, 5.74) is 7.76. The molecule has 0 aliphatic heterocycles. The van der Waals surface area contributed by atoms with E-state index in [1.807, 2.05) is 11.4 Å². The van der Waals surface area contributed by atoms with Gasteiger partial charge in [-0.25, -0.2) is 9.97 Å². The average molecular weight is 298 g/mol. The van der Waals surface area contributed by atoms with Crippen molar-refractivity contribution >= 4 is 33.1 Å². The molecule has 0 saturated carbocycles. The topological polar surface area (TPSA) is 51.8 Å². The normalized spacial score (nSPS) is 10.6. The molecule has 84 valence electrons. The van der Waals surface area contributed by atoms with Gasteiger partial charge in [-0.2, -0.15) is 11.3 Å². The van der Waals surface area contributed by atoms with Crippen molar-refractivity contribution < 1.29 is 0 Å². The Labute approximate surface area is 107 Å². The summed E-state index contributed by atoms with van der Waals surface area (Å²) in [5, 5.41) is 4.09. The molecule has 0 radical (unpaired) electrons. The van der Waals surface area contributed by atoms with Gasteiger partial charge in [0.1, 0.15) is 11.6 Å². The Morgan fingerprint density at radius 1 is 1.38 bits per heavy atom. The second kappa shape index (κ2) is 4.93. The van der Waals surface area contributed by atoms with Gasteiger partial charge < -0.3 is 5.73 Å². The molecule has 3 nitrogen and oxygen atoms in total. The van der Waals surface area contributed by atoms with Crippen LogP contribution in [0.3, 0.4) is 0 Å². The van der Waals surface area contributed by atoms with Crippen LogP contribution in [0.1, 0.15) is 19.2 Å². The van der Waals surface area contributed by atoms with Gasteiger partial charge in [-0.1, -0.05) is 6.92 Å². The third-order valence-electron chi connectivity index (χ3n) is 2.16. The van der Waals surface area contributed by atoms with E-state index in [0.29, 0.717) is 5.82 Å². The van der Waals surface area contributed by atoms with E-state index in [0.717, 1.165) is 34.4 Å². The van der Waals surface area contributed by atoms with Crippen LogP contribution in [0.15, 0.2) is 21.3 Å². The zero-order valence-electron chi connectivity index (χ0n) is 8.90. The molecule has 2 aromatic heterocycles. The summed E-state index contributed by atoms with van der Waals surface area (Å²) < 4.78 is 1.05. The number of anilines is 1. The Morgan fingerprint density at radius 2 is 2.19 bits per heavy atom. The number of hydrogen-bond acceptors (Lipinski definition) is 4. The SMILES string of the molecule is CCCc1nc(N)cc(-c2cscc2Br)n1. The minimum Gasteiger partial charge on any atom is -0.384 e. The highest BCUT2D eigenvalue weighted by Crippen LogP contribution is 2.31. The van der Waals surface area contributed by atoms with Crippen molar-refractivity contribution in [1.29, 1.82) is 0 Å². The molecule has 0 amide bonds. The van der Waals surface area contributed by atoms with Crippen LogP contribution in [0.2, 0.25) is 0 Å². The summed E-state index contributed by atoms with van der Waals surface area (Å²) in [6.07, 6.45) is 1.88. The fraction of sp³-hybridized carbons (Fsp3) is 0.273. The zero-order chi connectivity index (χ0) is 11.5. The molecule has 0 spiro atoms. The molecule has 0 atom stereocenters. The predicted octanol–water partition coefficient (Wildman–Crippen LogP) is 3.50. The van der Waals surface area contributed by atoms with Crippen LogP contribution in [0.5, 0.6) is 0 Å². The first-order valence-electron chi connectivity index (χ1n) is 5.06. The highest BCUT2D eigenvalue weighted by Gasteiger charge is 2.08. The number of hydrogen-bond donors (Lipinski definition) is 1. The lowest BCUT2D eigenvalue weighted by Gasteiger charge is -2.04. The summed E-state index contributed by atoms with van der Waals surface area (Å²) in [7, 11) is 0. The maximum atomic E-state index is 5.78. The van der Waals surface area contributed by atoms with Crippen LogP contribution in [-0.4, -0.2) is 9.97 Å². The second-order valence-corrected chi connectivity index (χ2v) is 5.08. The van der Waals surface area contributed by atoms with Gasteiger partial charge in [-0.15, -0.1) is 0 Å². The Bertz CT molecular complexity index is 496. The van der Waals surface area contributed by atoms with Gasteiger partial charge in [0.15, 0.2) is 0 Å². The molecule has 2 N–H and O–H groups in total. The first-order valence-corrected chi connectivity index (χ1v) is 6.79. The molecule has 16 heavy (non-hydrogen) atoms. The van der Waals surface area contributed by atoms with Crippen LogP contribution >= 0.6 is 27.3 Å². The van der Waals surface area contributed by atoms with E-state index in [9.17, 15) is 0 Å². The summed E-state index contributed by atoms with van der Waals surface area (Å²) in [6, 6.07) is 1.81. The van der Waals surface area contributed by atoms with E-state index in [1.165, 1.54) is 0 Å². The largest absolute Gasteiger partial charge is 0.384 e. The van der Waals surface area contributed by atoms with Crippen molar-refractivity contribution in [2.75, 3.05) is 5.73 Å². The smallest absolute Gasteiger partial charge is 0.131 e. The highest BCUT2D eigenvalue weighted by atomic mass is 79.9. The minimum absolute atomic E-state index is 0.534. The molecule has 0 fully saturated rings. The molecule has 0 bridgehead atoms. The molecule has 2 rings (SSSR count). The highest BCUT2D eigenvalue weighted by molar-refractivity contribution is 9.10. The van der Waals surface area contributed by atoms with E-state index >= 15 is 0 Å². The van der Waals surface area contributed by atoms with Crippen molar-refractivity contribution in [2.45, 2.75) is 19.8 Å². The number of nitrogens with two attached hydrogens (primary N) is 1. The lowest BCUT2D eigenvalue weighted by molar-refractivity contribution is 0.839. The number of aromatic nitrogens is 2. The number of nitrogen functional groups attached to an aromatic ring is 1. The van der Waals surface area contributed by atoms with Crippen LogP contribution in [0.25, 0.3) is 11.3 Å². The third-order valence-corrected chi connectivity index (χ3v) is 3.86. The monoisotopic (exact) mass is 297 g/mol. The van der Waals surface area contributed by atoms with Gasteiger partial charge in [0.25, 0.3) is 0 Å². The fourth-order valence-corrected chi connectivity index (χ4v) is 2.95. The van der Waals surface area contributed by atoms with Crippen LogP contribution in [0, 0.1) is 0 Å². The molecule has 0 aliphatic rings. The van der Waals surface area contributed by atoms with Crippen LogP contribution in [-0.2, 0) is 6.42 Å².